The van der Waals surface area contributed by atoms with Gasteiger partial charge in [0.1, 0.15) is 17.2 Å². The van der Waals surface area contributed by atoms with Crippen molar-refractivity contribution in [3.05, 3.63) is 39.4 Å². The van der Waals surface area contributed by atoms with Gasteiger partial charge >= 0.3 is 5.97 Å². The fourth-order valence-electron chi connectivity index (χ4n) is 3.83. The van der Waals surface area contributed by atoms with Gasteiger partial charge in [-0.3, -0.25) is 14.5 Å². The van der Waals surface area contributed by atoms with Crippen LogP contribution in [0.3, 0.4) is 0 Å². The number of carbonyl (C=O) groups excluding carboxylic acids is 1. The molecule has 8 heteroatoms. The molecule has 0 amide bonds. The van der Waals surface area contributed by atoms with Crippen molar-refractivity contribution in [3.63, 3.8) is 0 Å². The largest absolute Gasteiger partial charge is 0.477 e. The highest BCUT2D eigenvalue weighted by Crippen LogP contribution is 2.31. The second kappa shape index (κ2) is 7.11. The molecule has 0 saturated carbocycles. The van der Waals surface area contributed by atoms with Crippen molar-refractivity contribution < 1.29 is 19.1 Å². The van der Waals surface area contributed by atoms with Crippen molar-refractivity contribution >= 4 is 28.3 Å². The number of aromatic carboxylic acids is 1. The number of piperazine rings is 1. The quantitative estimate of drug-likeness (QED) is 0.870. The fraction of sp³-hybridized carbons (Fsp3) is 0.421. The van der Waals surface area contributed by atoms with Crippen molar-refractivity contribution in [1.82, 2.24) is 9.47 Å². The number of Topliss-reactive ketones (excluding diaryl/α,β-unsaturated/α-hetero) is 1. The topological polar surface area (TPSA) is 82.8 Å². The lowest BCUT2D eigenvalue weighted by molar-refractivity contribution is -0.118. The van der Waals surface area contributed by atoms with Gasteiger partial charge in [0.2, 0.25) is 5.43 Å². The molecule has 27 heavy (non-hydrogen) atoms. The molecular weight excluding hydrogens is 353 g/mol. The van der Waals surface area contributed by atoms with Crippen LogP contribution in [0.5, 0.6) is 0 Å². The van der Waals surface area contributed by atoms with E-state index in [9.17, 15) is 23.9 Å². The summed E-state index contributed by atoms with van der Waals surface area (Å²) in [6.07, 6.45) is 1.27. The van der Waals surface area contributed by atoms with Gasteiger partial charge in [0, 0.05) is 44.8 Å². The van der Waals surface area contributed by atoms with Gasteiger partial charge in [-0.25, -0.2) is 9.18 Å². The second-order valence-corrected chi connectivity index (χ2v) is 6.98. The predicted molar refractivity (Wildman–Crippen MR) is 100 cm³/mol. The fourth-order valence-corrected chi connectivity index (χ4v) is 3.83. The predicted octanol–water partition coefficient (Wildman–Crippen LogP) is 1.40. The van der Waals surface area contributed by atoms with Crippen LogP contribution >= 0.6 is 0 Å². The Balaban J connectivity index is 2.05. The van der Waals surface area contributed by atoms with Crippen molar-refractivity contribution in [2.45, 2.75) is 13.8 Å². The highest BCUT2D eigenvalue weighted by atomic mass is 19.1. The van der Waals surface area contributed by atoms with Crippen molar-refractivity contribution in [2.75, 3.05) is 37.6 Å². The number of anilines is 1. The average Bonchev–Trinajstić information content (AvgIpc) is 2.58. The Hall–Kier alpha value is -2.74. The van der Waals surface area contributed by atoms with Crippen LogP contribution in [-0.4, -0.2) is 59.0 Å². The summed E-state index contributed by atoms with van der Waals surface area (Å²) in [7, 11) is 1.65. The number of aryl methyl sites for hydroxylation is 2. The molecule has 1 aromatic heterocycles. The Morgan fingerprint density at radius 3 is 2.41 bits per heavy atom. The minimum absolute atomic E-state index is 0.0614. The molecular formula is C19H22FN3O4. The Kier molecular flexibility index (Phi) is 5.01. The van der Waals surface area contributed by atoms with E-state index in [1.165, 1.54) is 6.20 Å². The van der Waals surface area contributed by atoms with Gasteiger partial charge in [-0.1, -0.05) is 0 Å². The Labute approximate surface area is 155 Å². The van der Waals surface area contributed by atoms with Gasteiger partial charge in [-0.15, -0.1) is 0 Å². The van der Waals surface area contributed by atoms with Gasteiger partial charge < -0.3 is 14.6 Å². The third-order valence-corrected chi connectivity index (χ3v) is 4.99. The molecule has 144 valence electrons. The van der Waals surface area contributed by atoms with E-state index >= 15 is 0 Å². The number of carboxylic acid groups (broad SMARTS) is 1. The molecule has 1 aliphatic heterocycles. The van der Waals surface area contributed by atoms with Gasteiger partial charge in [0.05, 0.1) is 17.7 Å². The normalized spacial score (nSPS) is 15.3. The lowest BCUT2D eigenvalue weighted by Gasteiger charge is -2.36. The Morgan fingerprint density at radius 2 is 1.85 bits per heavy atom. The second-order valence-electron chi connectivity index (χ2n) is 6.98. The molecule has 0 atom stereocenters. The molecule has 3 rings (SSSR count). The summed E-state index contributed by atoms with van der Waals surface area (Å²) >= 11 is 0. The van der Waals surface area contributed by atoms with E-state index in [0.717, 1.165) is 6.07 Å². The summed E-state index contributed by atoms with van der Waals surface area (Å²) in [6.45, 7) is 6.10. The number of carboxylic acids is 1. The van der Waals surface area contributed by atoms with Gasteiger partial charge in [0.25, 0.3) is 0 Å². The first-order valence-electron chi connectivity index (χ1n) is 8.73. The number of benzene rings is 1. The number of rotatable bonds is 4. The van der Waals surface area contributed by atoms with Crippen LogP contribution in [0.25, 0.3) is 10.9 Å². The zero-order chi connectivity index (χ0) is 19.9. The molecule has 1 saturated heterocycles. The molecule has 1 aromatic carbocycles. The van der Waals surface area contributed by atoms with Gasteiger partial charge in [0.15, 0.2) is 0 Å². The van der Waals surface area contributed by atoms with E-state index in [1.807, 2.05) is 9.80 Å². The first-order chi connectivity index (χ1) is 12.7. The van der Waals surface area contributed by atoms with E-state index in [0.29, 0.717) is 49.5 Å². The molecule has 7 nitrogen and oxygen atoms in total. The first-order valence-corrected chi connectivity index (χ1v) is 8.73. The molecule has 2 heterocycles. The third kappa shape index (κ3) is 3.44. The van der Waals surface area contributed by atoms with Crippen molar-refractivity contribution in [3.8, 4) is 0 Å². The van der Waals surface area contributed by atoms with E-state index in [2.05, 4.69) is 0 Å². The van der Waals surface area contributed by atoms with Crippen LogP contribution in [-0.2, 0) is 11.8 Å². The van der Waals surface area contributed by atoms with Crippen LogP contribution in [0, 0.1) is 12.7 Å². The number of hydrogen-bond donors (Lipinski definition) is 1. The first kappa shape index (κ1) is 19.0. The Bertz CT molecular complexity index is 991. The minimum atomic E-state index is -1.33. The molecule has 1 aliphatic rings. The number of fused-ring (bicyclic) bond motifs is 1. The summed E-state index contributed by atoms with van der Waals surface area (Å²) in [6, 6.07) is 1.13. The lowest BCUT2D eigenvalue weighted by Crippen LogP contribution is -2.48. The van der Waals surface area contributed by atoms with E-state index in [1.54, 1.807) is 25.5 Å². The number of carbonyl (C=O) groups is 2. The molecule has 0 aliphatic carbocycles. The molecule has 0 unspecified atom stereocenters. The number of halogens is 1. The molecule has 2 aromatic rings. The highest BCUT2D eigenvalue weighted by Gasteiger charge is 2.25. The minimum Gasteiger partial charge on any atom is -0.477 e. The van der Waals surface area contributed by atoms with E-state index in [4.69, 9.17) is 0 Å². The monoisotopic (exact) mass is 375 g/mol. The smallest absolute Gasteiger partial charge is 0.341 e. The maximum absolute atomic E-state index is 14.9. The number of ketones is 1. The zero-order valence-corrected chi connectivity index (χ0v) is 15.6. The number of aromatic nitrogens is 1. The summed E-state index contributed by atoms with van der Waals surface area (Å²) in [5.41, 5.74) is 0.474. The van der Waals surface area contributed by atoms with Crippen LogP contribution < -0.4 is 10.3 Å². The summed E-state index contributed by atoms with van der Waals surface area (Å²) < 4.78 is 16.5. The molecule has 1 fully saturated rings. The van der Waals surface area contributed by atoms with Gasteiger partial charge in [-0.2, -0.15) is 0 Å². The highest BCUT2D eigenvalue weighted by molar-refractivity contribution is 5.95. The maximum atomic E-state index is 14.9. The average molecular weight is 375 g/mol. The van der Waals surface area contributed by atoms with Crippen LogP contribution in [0.15, 0.2) is 17.1 Å². The van der Waals surface area contributed by atoms with E-state index in [-0.39, 0.29) is 16.7 Å². The van der Waals surface area contributed by atoms with Gasteiger partial charge in [-0.05, 0) is 25.5 Å². The maximum Gasteiger partial charge on any atom is 0.341 e. The number of pyridine rings is 1. The third-order valence-electron chi connectivity index (χ3n) is 4.99. The SMILES string of the molecule is CC(=O)CN1CCN(c2c(F)cc3c(=O)c(C(=O)O)cn(C)c3c2C)CC1. The van der Waals surface area contributed by atoms with E-state index < -0.39 is 17.2 Å². The molecule has 1 N–H and O–H groups in total. The molecule has 0 spiro atoms. The zero-order valence-electron chi connectivity index (χ0n) is 15.6. The summed E-state index contributed by atoms with van der Waals surface area (Å²) in [5, 5.41) is 9.25. The van der Waals surface area contributed by atoms with Crippen LogP contribution in [0.1, 0.15) is 22.8 Å². The lowest BCUT2D eigenvalue weighted by atomic mass is 10.0. The van der Waals surface area contributed by atoms with Crippen molar-refractivity contribution in [2.24, 2.45) is 7.05 Å². The molecule has 0 bridgehead atoms. The number of hydrogen-bond acceptors (Lipinski definition) is 5. The van der Waals surface area contributed by atoms with Crippen molar-refractivity contribution in [1.29, 1.82) is 0 Å². The number of nitrogens with zero attached hydrogens (tertiary/aromatic N) is 3. The molecule has 0 radical (unpaired) electrons. The van der Waals surface area contributed by atoms with Crippen LogP contribution in [0.2, 0.25) is 0 Å². The summed E-state index contributed by atoms with van der Waals surface area (Å²) in [4.78, 5) is 38.9. The van der Waals surface area contributed by atoms with Crippen LogP contribution in [0.4, 0.5) is 10.1 Å². The summed E-state index contributed by atoms with van der Waals surface area (Å²) in [5.74, 6) is -1.78. The Morgan fingerprint density at radius 1 is 1.22 bits per heavy atom. The standard InChI is InChI=1S/C19H22FN3O4/c1-11(24)9-22-4-6-23(7-5-22)17-12(2)16-13(8-15(17)20)18(25)14(19(26)27)10-21(16)3/h8,10H,4-7,9H2,1-3H3,(H,26,27).